The van der Waals surface area contributed by atoms with E-state index in [9.17, 15) is 0 Å². The van der Waals surface area contributed by atoms with Crippen molar-refractivity contribution < 1.29 is 4.42 Å². The highest BCUT2D eigenvalue weighted by molar-refractivity contribution is 5.11. The molecule has 20 heavy (non-hydrogen) atoms. The molecule has 1 unspecified atom stereocenters. The molecule has 1 atom stereocenters. The van der Waals surface area contributed by atoms with Crippen LogP contribution in [0.2, 0.25) is 0 Å². The predicted molar refractivity (Wildman–Crippen MR) is 80.3 cm³/mol. The van der Waals surface area contributed by atoms with Gasteiger partial charge in [-0.05, 0) is 86.8 Å². The van der Waals surface area contributed by atoms with Crippen molar-refractivity contribution in [3.8, 4) is 0 Å². The quantitative estimate of drug-likeness (QED) is 0.860. The summed E-state index contributed by atoms with van der Waals surface area (Å²) in [6.45, 7) is 3.36. The Bertz CT molecular complexity index is 410. The van der Waals surface area contributed by atoms with Crippen LogP contribution in [0, 0.1) is 29.6 Å². The average Bonchev–Trinajstić information content (AvgIpc) is 2.94. The van der Waals surface area contributed by atoms with Gasteiger partial charge in [-0.15, -0.1) is 0 Å². The van der Waals surface area contributed by atoms with E-state index >= 15 is 0 Å². The molecule has 5 rings (SSSR count). The monoisotopic (exact) mass is 273 g/mol. The molecular formula is C18H27NO. The minimum absolute atomic E-state index is 0.458. The molecule has 4 bridgehead atoms. The first-order valence-electron chi connectivity index (χ1n) is 8.62. The van der Waals surface area contributed by atoms with E-state index < -0.39 is 0 Å². The molecule has 1 N–H and O–H groups in total. The molecular weight excluding hydrogens is 246 g/mol. The van der Waals surface area contributed by atoms with Crippen LogP contribution in [0.3, 0.4) is 0 Å². The Labute approximate surface area is 122 Å². The fourth-order valence-corrected chi connectivity index (χ4v) is 5.71. The highest BCUT2D eigenvalue weighted by Gasteiger charge is 2.51. The van der Waals surface area contributed by atoms with Crippen molar-refractivity contribution in [2.75, 3.05) is 6.54 Å². The molecule has 0 saturated heterocycles. The van der Waals surface area contributed by atoms with Gasteiger partial charge in [0.25, 0.3) is 0 Å². The molecule has 110 valence electrons. The number of hydrogen-bond donors (Lipinski definition) is 1. The van der Waals surface area contributed by atoms with Crippen LogP contribution < -0.4 is 5.32 Å². The van der Waals surface area contributed by atoms with Gasteiger partial charge in [-0.3, -0.25) is 0 Å². The van der Waals surface area contributed by atoms with Crippen LogP contribution >= 0.6 is 0 Å². The largest absolute Gasteiger partial charge is 0.468 e. The molecule has 1 aromatic rings. The van der Waals surface area contributed by atoms with E-state index in [-0.39, 0.29) is 0 Å². The van der Waals surface area contributed by atoms with Gasteiger partial charge in [0.15, 0.2) is 0 Å². The molecule has 1 heterocycles. The molecule has 2 heteroatoms. The summed E-state index contributed by atoms with van der Waals surface area (Å²) < 4.78 is 5.79. The minimum atomic E-state index is 0.458. The van der Waals surface area contributed by atoms with E-state index in [0.29, 0.717) is 6.04 Å². The third-order valence-electron chi connectivity index (χ3n) is 6.15. The lowest BCUT2D eigenvalue weighted by Crippen LogP contribution is -2.49. The fraction of sp³-hybridized carbons (Fsp3) is 0.778. The normalized spacial score (nSPS) is 40.1. The van der Waals surface area contributed by atoms with Gasteiger partial charge in [-0.25, -0.2) is 0 Å². The first kappa shape index (κ1) is 12.9. The van der Waals surface area contributed by atoms with Crippen LogP contribution in [-0.2, 0) is 0 Å². The number of furan rings is 1. The molecule has 0 aliphatic heterocycles. The Morgan fingerprint density at radius 1 is 1.15 bits per heavy atom. The maximum atomic E-state index is 5.79. The summed E-state index contributed by atoms with van der Waals surface area (Å²) >= 11 is 0. The molecule has 4 aliphatic carbocycles. The number of hydrogen-bond acceptors (Lipinski definition) is 2. The lowest BCUT2D eigenvalue weighted by Gasteiger charge is -2.56. The molecule has 4 aliphatic rings. The maximum absolute atomic E-state index is 5.79. The van der Waals surface area contributed by atoms with Crippen molar-refractivity contribution in [3.05, 3.63) is 24.2 Å². The van der Waals surface area contributed by atoms with Crippen molar-refractivity contribution >= 4 is 0 Å². The summed E-state index contributed by atoms with van der Waals surface area (Å²) in [4.78, 5) is 0. The van der Waals surface area contributed by atoms with E-state index in [1.54, 1.807) is 0 Å². The van der Waals surface area contributed by atoms with Crippen molar-refractivity contribution in [1.29, 1.82) is 0 Å². The number of rotatable bonds is 5. The second-order valence-corrected chi connectivity index (χ2v) is 7.46. The van der Waals surface area contributed by atoms with Gasteiger partial charge in [-0.2, -0.15) is 0 Å². The second kappa shape index (κ2) is 5.22. The summed E-state index contributed by atoms with van der Waals surface area (Å²) in [6, 6.07) is 4.68. The Morgan fingerprint density at radius 3 is 2.40 bits per heavy atom. The minimum Gasteiger partial charge on any atom is -0.468 e. The topological polar surface area (TPSA) is 25.2 Å². The van der Waals surface area contributed by atoms with Crippen LogP contribution in [0.15, 0.2) is 22.8 Å². The van der Waals surface area contributed by atoms with E-state index in [4.69, 9.17) is 4.42 Å². The van der Waals surface area contributed by atoms with E-state index in [2.05, 4.69) is 18.3 Å². The van der Waals surface area contributed by atoms with Crippen molar-refractivity contribution in [2.45, 2.75) is 51.5 Å². The van der Waals surface area contributed by atoms with Gasteiger partial charge in [0.2, 0.25) is 0 Å². The lowest BCUT2D eigenvalue weighted by atomic mass is 9.50. The molecule has 0 radical (unpaired) electrons. The van der Waals surface area contributed by atoms with Crippen molar-refractivity contribution in [2.24, 2.45) is 29.6 Å². The lowest BCUT2D eigenvalue weighted by molar-refractivity contribution is -0.0552. The van der Waals surface area contributed by atoms with Gasteiger partial charge >= 0.3 is 0 Å². The van der Waals surface area contributed by atoms with Gasteiger partial charge in [0.05, 0.1) is 12.3 Å². The number of nitrogens with one attached hydrogen (secondary N) is 1. The van der Waals surface area contributed by atoms with Crippen LogP contribution in [0.25, 0.3) is 0 Å². The van der Waals surface area contributed by atoms with Gasteiger partial charge in [0, 0.05) is 0 Å². The van der Waals surface area contributed by atoms with Crippen LogP contribution in [0.5, 0.6) is 0 Å². The Morgan fingerprint density at radius 2 is 1.85 bits per heavy atom. The van der Waals surface area contributed by atoms with E-state index in [1.807, 2.05) is 12.3 Å². The van der Waals surface area contributed by atoms with Crippen LogP contribution in [0.4, 0.5) is 0 Å². The average molecular weight is 273 g/mol. The smallest absolute Gasteiger partial charge is 0.120 e. The zero-order chi connectivity index (χ0) is 13.5. The fourth-order valence-electron chi connectivity index (χ4n) is 5.71. The van der Waals surface area contributed by atoms with Crippen molar-refractivity contribution in [1.82, 2.24) is 5.32 Å². The second-order valence-electron chi connectivity index (χ2n) is 7.46. The maximum Gasteiger partial charge on any atom is 0.120 e. The molecule has 0 spiro atoms. The summed E-state index contributed by atoms with van der Waals surface area (Å²) in [5.41, 5.74) is 0. The first-order valence-corrected chi connectivity index (χ1v) is 8.62. The standard InChI is InChI=1S/C18H27NO/c1-2-5-19-18(16-4-3-6-20-16)17-14-8-12-7-13(10-14)11-15(17)9-12/h3-4,6,12-15,17-19H,2,5,7-11H2,1H3. The molecule has 0 aromatic carbocycles. The third-order valence-corrected chi connectivity index (χ3v) is 6.15. The molecule has 0 amide bonds. The third kappa shape index (κ3) is 2.13. The summed E-state index contributed by atoms with van der Waals surface area (Å²) in [5.74, 6) is 6.00. The van der Waals surface area contributed by atoms with Gasteiger partial charge in [0.1, 0.15) is 5.76 Å². The molecule has 1 aromatic heterocycles. The van der Waals surface area contributed by atoms with Crippen molar-refractivity contribution in [3.63, 3.8) is 0 Å². The van der Waals surface area contributed by atoms with E-state index in [1.165, 1.54) is 44.3 Å². The van der Waals surface area contributed by atoms with Gasteiger partial charge in [-0.1, -0.05) is 6.92 Å². The summed E-state index contributed by atoms with van der Waals surface area (Å²) in [7, 11) is 0. The summed E-state index contributed by atoms with van der Waals surface area (Å²) in [5, 5.41) is 3.81. The predicted octanol–water partition coefficient (Wildman–Crippen LogP) is 4.39. The highest BCUT2D eigenvalue weighted by atomic mass is 16.3. The zero-order valence-corrected chi connectivity index (χ0v) is 12.6. The molecule has 4 fully saturated rings. The Kier molecular flexibility index (Phi) is 3.37. The zero-order valence-electron chi connectivity index (χ0n) is 12.6. The Balaban J connectivity index is 1.59. The van der Waals surface area contributed by atoms with Crippen LogP contribution in [-0.4, -0.2) is 6.54 Å². The molecule has 4 saturated carbocycles. The Hall–Kier alpha value is -0.760. The SMILES string of the molecule is CCCNC(c1ccco1)C1C2CC3CC(C2)CC1C3. The first-order chi connectivity index (χ1) is 9.85. The molecule has 2 nitrogen and oxygen atoms in total. The van der Waals surface area contributed by atoms with Gasteiger partial charge < -0.3 is 9.73 Å². The van der Waals surface area contributed by atoms with Crippen LogP contribution in [0.1, 0.15) is 57.3 Å². The highest BCUT2D eigenvalue weighted by Crippen LogP contribution is 2.59. The van der Waals surface area contributed by atoms with E-state index in [0.717, 1.165) is 36.1 Å². The summed E-state index contributed by atoms with van der Waals surface area (Å²) in [6.07, 6.45) is 10.5.